The van der Waals surface area contributed by atoms with Crippen molar-refractivity contribution < 1.29 is 13.2 Å². The molecule has 0 aromatic heterocycles. The number of nitrogens with one attached hydrogen (secondary N) is 1. The molecule has 3 rings (SSSR count). The molecular formula is C16H16ClNO3S. The Balaban J connectivity index is 2.03. The van der Waals surface area contributed by atoms with E-state index < -0.39 is 10.0 Å². The van der Waals surface area contributed by atoms with Gasteiger partial charge in [0.1, 0.15) is 5.75 Å². The second kappa shape index (κ2) is 5.82. The summed E-state index contributed by atoms with van der Waals surface area (Å²) in [5, 5.41) is 0.480. The second-order valence-corrected chi connectivity index (χ2v) is 7.53. The van der Waals surface area contributed by atoms with Crippen LogP contribution in [-0.2, 0) is 22.9 Å². The monoisotopic (exact) mass is 337 g/mol. The number of anilines is 1. The Morgan fingerprint density at radius 3 is 2.45 bits per heavy atom. The van der Waals surface area contributed by atoms with E-state index in [1.165, 1.54) is 5.56 Å². The van der Waals surface area contributed by atoms with Gasteiger partial charge in [-0.3, -0.25) is 4.72 Å². The van der Waals surface area contributed by atoms with Crippen LogP contribution in [0.2, 0.25) is 5.02 Å². The van der Waals surface area contributed by atoms with E-state index in [1.807, 2.05) is 24.3 Å². The van der Waals surface area contributed by atoms with E-state index in [2.05, 4.69) is 4.72 Å². The standard InChI is InChI=1S/C16H16ClNO3S/c1-22(19,20)18-14-9-11-5-4-6-12(11)10-16(14)21-15-8-3-2-7-13(15)17/h2-3,7-10,18H,4-6H2,1H3. The molecule has 0 atom stereocenters. The highest BCUT2D eigenvalue weighted by molar-refractivity contribution is 7.92. The van der Waals surface area contributed by atoms with Gasteiger partial charge in [0, 0.05) is 0 Å². The molecule has 0 amide bonds. The molecule has 0 aliphatic heterocycles. The third-order valence-corrected chi connectivity index (χ3v) is 4.45. The third kappa shape index (κ3) is 3.36. The molecule has 0 fully saturated rings. The minimum absolute atomic E-state index is 0.447. The normalized spacial score (nSPS) is 13.7. The zero-order valence-corrected chi connectivity index (χ0v) is 13.7. The van der Waals surface area contributed by atoms with Gasteiger partial charge >= 0.3 is 0 Å². The number of hydrogen-bond acceptors (Lipinski definition) is 3. The van der Waals surface area contributed by atoms with Crippen molar-refractivity contribution in [2.75, 3.05) is 11.0 Å². The van der Waals surface area contributed by atoms with Crippen molar-refractivity contribution in [3.05, 3.63) is 52.5 Å². The van der Waals surface area contributed by atoms with Crippen LogP contribution < -0.4 is 9.46 Å². The molecule has 0 radical (unpaired) electrons. The van der Waals surface area contributed by atoms with Gasteiger partial charge in [-0.1, -0.05) is 23.7 Å². The Morgan fingerprint density at radius 2 is 1.77 bits per heavy atom. The predicted molar refractivity (Wildman–Crippen MR) is 88.5 cm³/mol. The zero-order valence-electron chi connectivity index (χ0n) is 12.1. The topological polar surface area (TPSA) is 55.4 Å². The predicted octanol–water partition coefficient (Wildman–Crippen LogP) is 3.99. The number of hydrogen-bond donors (Lipinski definition) is 1. The van der Waals surface area contributed by atoms with Crippen LogP contribution in [0.3, 0.4) is 0 Å². The Labute approximate surface area is 135 Å². The maximum absolute atomic E-state index is 11.6. The Bertz CT molecular complexity index is 818. The first-order chi connectivity index (χ1) is 10.4. The highest BCUT2D eigenvalue weighted by Crippen LogP contribution is 2.38. The first-order valence-corrected chi connectivity index (χ1v) is 9.25. The highest BCUT2D eigenvalue weighted by atomic mass is 35.5. The van der Waals surface area contributed by atoms with Crippen molar-refractivity contribution in [2.45, 2.75) is 19.3 Å². The number of fused-ring (bicyclic) bond motifs is 1. The summed E-state index contributed by atoms with van der Waals surface area (Å²) in [4.78, 5) is 0. The lowest BCUT2D eigenvalue weighted by atomic mass is 10.1. The Kier molecular flexibility index (Phi) is 4.02. The van der Waals surface area contributed by atoms with E-state index in [0.29, 0.717) is 22.2 Å². The minimum atomic E-state index is -3.38. The van der Waals surface area contributed by atoms with Crippen LogP contribution in [0.5, 0.6) is 11.5 Å². The molecule has 0 saturated heterocycles. The van der Waals surface area contributed by atoms with E-state index >= 15 is 0 Å². The van der Waals surface area contributed by atoms with Crippen LogP contribution in [0.25, 0.3) is 0 Å². The summed E-state index contributed by atoms with van der Waals surface area (Å²) in [6, 6.07) is 10.9. The Hall–Kier alpha value is -1.72. The van der Waals surface area contributed by atoms with Crippen LogP contribution in [-0.4, -0.2) is 14.7 Å². The zero-order chi connectivity index (χ0) is 15.7. The van der Waals surface area contributed by atoms with Crippen LogP contribution in [0, 0.1) is 0 Å². The van der Waals surface area contributed by atoms with Gasteiger partial charge in [0.05, 0.1) is 17.0 Å². The fourth-order valence-electron chi connectivity index (χ4n) is 2.61. The van der Waals surface area contributed by atoms with E-state index in [0.717, 1.165) is 31.1 Å². The van der Waals surface area contributed by atoms with Gasteiger partial charge in [-0.2, -0.15) is 0 Å². The molecule has 1 N–H and O–H groups in total. The lowest BCUT2D eigenvalue weighted by Gasteiger charge is -2.15. The van der Waals surface area contributed by atoms with E-state index in [4.69, 9.17) is 16.3 Å². The van der Waals surface area contributed by atoms with Gasteiger partial charge in [-0.15, -0.1) is 0 Å². The second-order valence-electron chi connectivity index (χ2n) is 5.38. The first-order valence-electron chi connectivity index (χ1n) is 6.98. The fourth-order valence-corrected chi connectivity index (χ4v) is 3.34. The molecule has 0 bridgehead atoms. The molecule has 0 heterocycles. The summed E-state index contributed by atoms with van der Waals surface area (Å²) >= 11 is 6.11. The lowest BCUT2D eigenvalue weighted by Crippen LogP contribution is -2.11. The average Bonchev–Trinajstić information content (AvgIpc) is 2.87. The summed E-state index contributed by atoms with van der Waals surface area (Å²) in [7, 11) is -3.38. The highest BCUT2D eigenvalue weighted by Gasteiger charge is 2.18. The molecule has 1 aliphatic carbocycles. The molecule has 116 valence electrons. The maximum Gasteiger partial charge on any atom is 0.229 e. The molecule has 0 spiro atoms. The van der Waals surface area contributed by atoms with E-state index in [1.54, 1.807) is 12.1 Å². The van der Waals surface area contributed by atoms with Crippen molar-refractivity contribution in [1.29, 1.82) is 0 Å². The van der Waals surface area contributed by atoms with Gasteiger partial charge in [0.2, 0.25) is 10.0 Å². The molecule has 2 aromatic carbocycles. The van der Waals surface area contributed by atoms with Crippen LogP contribution in [0.1, 0.15) is 17.5 Å². The maximum atomic E-state index is 11.6. The molecular weight excluding hydrogens is 322 g/mol. The number of halogens is 1. The molecule has 2 aromatic rings. The van der Waals surface area contributed by atoms with Crippen LogP contribution in [0.4, 0.5) is 5.69 Å². The SMILES string of the molecule is CS(=O)(=O)Nc1cc2c(cc1Oc1ccccc1Cl)CCC2. The fraction of sp³-hybridized carbons (Fsp3) is 0.250. The van der Waals surface area contributed by atoms with Gasteiger partial charge < -0.3 is 4.74 Å². The van der Waals surface area contributed by atoms with Gasteiger partial charge in [-0.05, 0) is 54.7 Å². The number of benzene rings is 2. The first kappa shape index (κ1) is 15.2. The summed E-state index contributed by atoms with van der Waals surface area (Å²) in [6.45, 7) is 0. The van der Waals surface area contributed by atoms with E-state index in [-0.39, 0.29) is 0 Å². The molecule has 0 saturated carbocycles. The average molecular weight is 338 g/mol. The summed E-state index contributed by atoms with van der Waals surface area (Å²) in [6.07, 6.45) is 4.14. The molecule has 0 unspecified atom stereocenters. The number of para-hydroxylation sites is 1. The number of aryl methyl sites for hydroxylation is 2. The minimum Gasteiger partial charge on any atom is -0.454 e. The smallest absolute Gasteiger partial charge is 0.229 e. The van der Waals surface area contributed by atoms with Crippen LogP contribution in [0.15, 0.2) is 36.4 Å². The molecule has 1 aliphatic rings. The number of rotatable bonds is 4. The van der Waals surface area contributed by atoms with Crippen molar-refractivity contribution >= 4 is 27.3 Å². The largest absolute Gasteiger partial charge is 0.454 e. The Morgan fingerprint density at radius 1 is 1.09 bits per heavy atom. The van der Waals surface area contributed by atoms with Gasteiger partial charge in [0.15, 0.2) is 5.75 Å². The summed E-state index contributed by atoms with van der Waals surface area (Å²) in [5.41, 5.74) is 2.81. The summed E-state index contributed by atoms with van der Waals surface area (Å²) < 4.78 is 31.5. The number of sulfonamides is 1. The molecule has 4 nitrogen and oxygen atoms in total. The summed E-state index contributed by atoms with van der Waals surface area (Å²) in [5.74, 6) is 0.970. The quantitative estimate of drug-likeness (QED) is 0.917. The van der Waals surface area contributed by atoms with Crippen molar-refractivity contribution in [2.24, 2.45) is 0 Å². The van der Waals surface area contributed by atoms with Crippen molar-refractivity contribution in [3.8, 4) is 11.5 Å². The lowest BCUT2D eigenvalue weighted by molar-refractivity contribution is 0.484. The van der Waals surface area contributed by atoms with Gasteiger partial charge in [-0.25, -0.2) is 8.42 Å². The molecule has 22 heavy (non-hydrogen) atoms. The van der Waals surface area contributed by atoms with Crippen LogP contribution >= 0.6 is 11.6 Å². The van der Waals surface area contributed by atoms with Gasteiger partial charge in [0.25, 0.3) is 0 Å². The number of ether oxygens (including phenoxy) is 1. The van der Waals surface area contributed by atoms with Crippen molar-refractivity contribution in [3.63, 3.8) is 0 Å². The molecule has 6 heteroatoms. The third-order valence-electron chi connectivity index (χ3n) is 3.55. The van der Waals surface area contributed by atoms with E-state index in [9.17, 15) is 8.42 Å². The van der Waals surface area contributed by atoms with Crippen molar-refractivity contribution in [1.82, 2.24) is 0 Å².